The minimum atomic E-state index is -4.62. The van der Waals surface area contributed by atoms with E-state index < -0.39 is 35.8 Å². The van der Waals surface area contributed by atoms with Gasteiger partial charge in [0.25, 0.3) is 5.91 Å². The number of ether oxygens (including phenoxy) is 1. The number of anilines is 1. The Kier molecular flexibility index (Phi) is 7.03. The molecule has 3 aromatic rings. The van der Waals surface area contributed by atoms with Crippen LogP contribution in [0.15, 0.2) is 85.2 Å². The number of benzene rings is 3. The first-order chi connectivity index (χ1) is 18.3. The lowest BCUT2D eigenvalue weighted by atomic mass is 9.86. The molecule has 0 saturated carbocycles. The van der Waals surface area contributed by atoms with Gasteiger partial charge in [-0.25, -0.2) is 0 Å². The summed E-state index contributed by atoms with van der Waals surface area (Å²) in [5.74, 6) is -0.937. The molecule has 2 N–H and O–H groups in total. The molecule has 0 aromatic heterocycles. The van der Waals surface area contributed by atoms with Gasteiger partial charge < -0.3 is 25.0 Å². The zero-order valence-corrected chi connectivity index (χ0v) is 20.7. The Morgan fingerprint density at radius 3 is 2.45 bits per heavy atom. The summed E-state index contributed by atoms with van der Waals surface area (Å²) in [4.78, 5) is 17.0. The molecule has 3 aromatic carbocycles. The van der Waals surface area contributed by atoms with Crippen LogP contribution in [0.25, 0.3) is 0 Å². The summed E-state index contributed by atoms with van der Waals surface area (Å²) in [6, 6.07) is 20.3. The summed E-state index contributed by atoms with van der Waals surface area (Å²) in [5.41, 5.74) is 0.953. The molecule has 1 amide bonds. The zero-order valence-electron chi connectivity index (χ0n) is 20.7. The zero-order chi connectivity index (χ0) is 26.9. The van der Waals surface area contributed by atoms with Crippen LogP contribution < -0.4 is 15.0 Å². The average Bonchev–Trinajstić information content (AvgIpc) is 3.32. The Morgan fingerprint density at radius 1 is 1.03 bits per heavy atom. The van der Waals surface area contributed by atoms with E-state index in [9.17, 15) is 23.1 Å². The number of carbonyl (C=O) groups is 1. The first-order valence-corrected chi connectivity index (χ1v) is 12.3. The van der Waals surface area contributed by atoms with Gasteiger partial charge in [0.05, 0.1) is 19.2 Å². The normalized spacial score (nSPS) is 21.2. The van der Waals surface area contributed by atoms with E-state index >= 15 is 0 Å². The van der Waals surface area contributed by atoms with Crippen molar-refractivity contribution in [1.82, 2.24) is 10.2 Å². The molecule has 198 valence electrons. The number of fused-ring (bicyclic) bond motifs is 1. The molecular formula is C29H28F3N3O3. The van der Waals surface area contributed by atoms with Crippen LogP contribution in [0.4, 0.5) is 18.9 Å². The maximum absolute atomic E-state index is 14.2. The summed E-state index contributed by atoms with van der Waals surface area (Å²) in [5, 5.41) is 14.5. The molecule has 3 atom stereocenters. The van der Waals surface area contributed by atoms with Gasteiger partial charge in [0.1, 0.15) is 18.0 Å². The summed E-state index contributed by atoms with van der Waals surface area (Å²) in [7, 11) is 1.51. The van der Waals surface area contributed by atoms with Gasteiger partial charge in [-0.2, -0.15) is 13.2 Å². The maximum atomic E-state index is 14.2. The molecule has 2 heterocycles. The fraction of sp³-hybridized carbons (Fsp3) is 0.276. The number of rotatable bonds is 6. The van der Waals surface area contributed by atoms with Gasteiger partial charge in [0, 0.05) is 30.5 Å². The van der Waals surface area contributed by atoms with Crippen LogP contribution in [0, 0.1) is 0 Å². The molecule has 1 unspecified atom stereocenters. The third-order valence-corrected chi connectivity index (χ3v) is 7.13. The van der Waals surface area contributed by atoms with Gasteiger partial charge in [0.2, 0.25) is 0 Å². The number of aliphatic hydroxyl groups is 1. The number of carbonyl (C=O) groups excluding carboxylic acids is 1. The van der Waals surface area contributed by atoms with Crippen LogP contribution in [0.3, 0.4) is 0 Å². The second-order valence-corrected chi connectivity index (χ2v) is 9.43. The highest BCUT2D eigenvalue weighted by atomic mass is 19.4. The van der Waals surface area contributed by atoms with Crippen LogP contribution in [-0.2, 0) is 23.9 Å². The monoisotopic (exact) mass is 523 g/mol. The number of halogens is 3. The molecule has 0 radical (unpaired) electrons. The molecule has 6 nitrogen and oxygen atoms in total. The second-order valence-electron chi connectivity index (χ2n) is 9.43. The van der Waals surface area contributed by atoms with Gasteiger partial charge in [-0.05, 0) is 47.4 Å². The van der Waals surface area contributed by atoms with E-state index in [1.54, 1.807) is 30.5 Å². The van der Waals surface area contributed by atoms with E-state index in [0.717, 1.165) is 11.6 Å². The maximum Gasteiger partial charge on any atom is 0.416 e. The molecule has 0 saturated heterocycles. The number of nitrogens with zero attached hydrogens (tertiary/aromatic N) is 2. The molecule has 38 heavy (non-hydrogen) atoms. The van der Waals surface area contributed by atoms with E-state index in [1.165, 1.54) is 24.1 Å². The summed E-state index contributed by atoms with van der Waals surface area (Å²) in [6.07, 6.45) is -3.10. The van der Waals surface area contributed by atoms with E-state index in [-0.39, 0.29) is 24.2 Å². The molecule has 9 heteroatoms. The van der Waals surface area contributed by atoms with Gasteiger partial charge in [-0.15, -0.1) is 0 Å². The first-order valence-electron chi connectivity index (χ1n) is 12.3. The van der Waals surface area contributed by atoms with Gasteiger partial charge in [-0.3, -0.25) is 4.79 Å². The number of hydrogen-bond acceptors (Lipinski definition) is 5. The Balaban J connectivity index is 1.52. The number of aliphatic hydroxyl groups excluding tert-OH is 1. The van der Waals surface area contributed by atoms with E-state index in [4.69, 9.17) is 4.74 Å². The quantitative estimate of drug-likeness (QED) is 0.493. The average molecular weight is 524 g/mol. The highest BCUT2D eigenvalue weighted by molar-refractivity contribution is 5.99. The van der Waals surface area contributed by atoms with Crippen molar-refractivity contribution in [1.29, 1.82) is 0 Å². The van der Waals surface area contributed by atoms with Gasteiger partial charge in [-0.1, -0.05) is 48.5 Å². The smallest absolute Gasteiger partial charge is 0.416 e. The fourth-order valence-corrected chi connectivity index (χ4v) is 5.17. The van der Waals surface area contributed by atoms with E-state index in [1.807, 2.05) is 41.4 Å². The van der Waals surface area contributed by atoms with Crippen molar-refractivity contribution in [2.45, 2.75) is 37.3 Å². The SMILES string of the molecule is COc1ccc([C@@H]2Cc3c(cccc3C(F)(F)F)N(CC3NC=CN3Cc3ccccc3)C(=O)[C@@H]2O)cc1. The van der Waals surface area contributed by atoms with Crippen LogP contribution in [0.2, 0.25) is 0 Å². The Bertz CT molecular complexity index is 1310. The number of methoxy groups -OCH3 is 1. The third kappa shape index (κ3) is 5.06. The van der Waals surface area contributed by atoms with Gasteiger partial charge in [0.15, 0.2) is 0 Å². The second kappa shape index (κ2) is 10.4. The van der Waals surface area contributed by atoms with Crippen molar-refractivity contribution in [2.75, 3.05) is 18.6 Å². The van der Waals surface area contributed by atoms with Crippen molar-refractivity contribution in [2.24, 2.45) is 0 Å². The predicted octanol–water partition coefficient (Wildman–Crippen LogP) is 4.65. The number of hydrogen-bond donors (Lipinski definition) is 2. The minimum absolute atomic E-state index is 0.00807. The Hall–Kier alpha value is -3.98. The lowest BCUT2D eigenvalue weighted by molar-refractivity contribution is -0.138. The lowest BCUT2D eigenvalue weighted by Crippen LogP contribution is -2.50. The fourth-order valence-electron chi connectivity index (χ4n) is 5.17. The van der Waals surface area contributed by atoms with Gasteiger partial charge >= 0.3 is 6.18 Å². The lowest BCUT2D eigenvalue weighted by Gasteiger charge is -2.33. The molecule has 0 spiro atoms. The van der Waals surface area contributed by atoms with Crippen LogP contribution in [0.5, 0.6) is 5.75 Å². The van der Waals surface area contributed by atoms with E-state index in [2.05, 4.69) is 5.32 Å². The molecule has 0 bridgehead atoms. The van der Waals surface area contributed by atoms with E-state index in [0.29, 0.717) is 17.9 Å². The standard InChI is InChI=1S/C29H28F3N3O3/c1-38-21-12-10-20(11-13-21)22-16-23-24(29(30,31)32)8-5-9-25(23)35(28(37)27(22)36)18-26-33-14-15-34(26)17-19-6-3-2-4-7-19/h2-15,22,26-27,33,36H,16-18H2,1H3/t22-,26?,27+/m0/s1. The molecule has 0 fully saturated rings. The van der Waals surface area contributed by atoms with Crippen LogP contribution >= 0.6 is 0 Å². The van der Waals surface area contributed by atoms with Crippen molar-refractivity contribution in [3.05, 3.63) is 107 Å². The highest BCUT2D eigenvalue weighted by Gasteiger charge is 2.42. The van der Waals surface area contributed by atoms with Crippen LogP contribution in [0.1, 0.15) is 28.2 Å². The molecule has 2 aliphatic heterocycles. The number of amides is 1. The summed E-state index contributed by atoms with van der Waals surface area (Å²) in [6.45, 7) is 0.586. The molecule has 2 aliphatic rings. The molecular weight excluding hydrogens is 495 g/mol. The number of alkyl halides is 3. The Morgan fingerprint density at radius 2 is 1.76 bits per heavy atom. The van der Waals surface area contributed by atoms with Crippen molar-refractivity contribution in [3.63, 3.8) is 0 Å². The first kappa shape index (κ1) is 25.7. The van der Waals surface area contributed by atoms with Crippen LogP contribution in [-0.4, -0.2) is 41.8 Å². The minimum Gasteiger partial charge on any atom is -0.497 e. The van der Waals surface area contributed by atoms with Crippen molar-refractivity contribution in [3.8, 4) is 5.75 Å². The third-order valence-electron chi connectivity index (χ3n) is 7.13. The van der Waals surface area contributed by atoms with Crippen molar-refractivity contribution >= 4 is 11.6 Å². The molecule has 0 aliphatic carbocycles. The predicted molar refractivity (Wildman–Crippen MR) is 137 cm³/mol. The summed E-state index contributed by atoms with van der Waals surface area (Å²) >= 11 is 0. The Labute approximate surface area is 218 Å². The molecule has 5 rings (SSSR count). The number of nitrogens with one attached hydrogen (secondary N) is 1. The summed E-state index contributed by atoms with van der Waals surface area (Å²) < 4.78 is 47.7. The highest BCUT2D eigenvalue weighted by Crippen LogP contribution is 2.42. The van der Waals surface area contributed by atoms with Crippen molar-refractivity contribution < 1.29 is 27.8 Å². The largest absolute Gasteiger partial charge is 0.497 e. The topological polar surface area (TPSA) is 65.0 Å².